The molecule has 0 heterocycles. The summed E-state index contributed by atoms with van der Waals surface area (Å²) >= 11 is 3.26. The lowest BCUT2D eigenvalue weighted by Crippen LogP contribution is -2.42. The molecule has 0 bridgehead atoms. The van der Waals surface area contributed by atoms with Gasteiger partial charge in [0.05, 0.1) is 0 Å². The first-order valence-corrected chi connectivity index (χ1v) is 6.13. The maximum Gasteiger partial charge on any atom is 0.400 e. The van der Waals surface area contributed by atoms with Gasteiger partial charge in [0.15, 0.2) is 5.84 Å². The van der Waals surface area contributed by atoms with Crippen LogP contribution in [0.2, 0.25) is 0 Å². The van der Waals surface area contributed by atoms with Crippen molar-refractivity contribution in [2.45, 2.75) is 12.7 Å². The van der Waals surface area contributed by atoms with Crippen molar-refractivity contribution in [3.05, 3.63) is 34.3 Å². The number of rotatable bonds is 5. The van der Waals surface area contributed by atoms with Crippen molar-refractivity contribution in [3.63, 3.8) is 0 Å². The number of nitrogens with one attached hydrogen (secondary N) is 1. The molecule has 0 amide bonds. The number of amidine groups is 1. The van der Waals surface area contributed by atoms with Crippen molar-refractivity contribution in [2.24, 2.45) is 16.8 Å². The molecule has 0 spiro atoms. The third kappa shape index (κ3) is 5.07. The predicted molar refractivity (Wildman–Crippen MR) is 68.8 cm³/mol. The monoisotopic (exact) mass is 339 g/mol. The van der Waals surface area contributed by atoms with Crippen LogP contribution in [0, 0.1) is 5.92 Å². The van der Waals surface area contributed by atoms with E-state index in [2.05, 4.69) is 26.4 Å². The van der Waals surface area contributed by atoms with Crippen LogP contribution in [-0.2, 0) is 6.54 Å². The molecule has 1 rings (SSSR count). The molecular weight excluding hydrogens is 327 g/mol. The van der Waals surface area contributed by atoms with Crippen molar-refractivity contribution in [1.29, 1.82) is 0 Å². The molecule has 19 heavy (non-hydrogen) atoms. The van der Waals surface area contributed by atoms with Crippen LogP contribution in [0.15, 0.2) is 33.9 Å². The first-order chi connectivity index (χ1) is 8.84. The molecule has 0 aliphatic rings. The number of alkyl halides is 3. The van der Waals surface area contributed by atoms with E-state index in [1.807, 2.05) is 0 Å². The van der Waals surface area contributed by atoms with Gasteiger partial charge in [-0.05, 0) is 17.7 Å². The van der Waals surface area contributed by atoms with Gasteiger partial charge in [-0.1, -0.05) is 33.2 Å². The Labute approximate surface area is 116 Å². The van der Waals surface area contributed by atoms with Crippen molar-refractivity contribution in [1.82, 2.24) is 5.32 Å². The Kier molecular flexibility index (Phi) is 5.61. The normalized spacial score (nSPS) is 14.4. The Bertz CT molecular complexity index is 434. The first kappa shape index (κ1) is 15.8. The fraction of sp³-hybridized carbons (Fsp3) is 0.364. The van der Waals surface area contributed by atoms with Crippen LogP contribution < -0.4 is 11.1 Å². The summed E-state index contributed by atoms with van der Waals surface area (Å²) in [6, 6.07) is 7.15. The fourth-order valence-corrected chi connectivity index (χ4v) is 1.69. The zero-order chi connectivity index (χ0) is 14.5. The van der Waals surface area contributed by atoms with Gasteiger partial charge in [0.25, 0.3) is 0 Å². The van der Waals surface area contributed by atoms with Crippen LogP contribution in [0.5, 0.6) is 0 Å². The van der Waals surface area contributed by atoms with E-state index < -0.39 is 24.5 Å². The van der Waals surface area contributed by atoms with E-state index in [1.54, 1.807) is 24.3 Å². The van der Waals surface area contributed by atoms with Gasteiger partial charge in [-0.2, -0.15) is 13.2 Å². The van der Waals surface area contributed by atoms with E-state index in [9.17, 15) is 13.2 Å². The summed E-state index contributed by atoms with van der Waals surface area (Å²) in [7, 11) is 0. The quantitative estimate of drug-likeness (QED) is 0.334. The lowest BCUT2D eigenvalue weighted by Gasteiger charge is -2.19. The predicted octanol–water partition coefficient (Wildman–Crippen LogP) is 2.46. The Morgan fingerprint density at radius 1 is 1.37 bits per heavy atom. The summed E-state index contributed by atoms with van der Waals surface area (Å²) < 4.78 is 38.7. The van der Waals surface area contributed by atoms with Crippen molar-refractivity contribution >= 4 is 21.8 Å². The number of nitrogens with two attached hydrogens (primary N) is 1. The van der Waals surface area contributed by atoms with Crippen LogP contribution in [-0.4, -0.2) is 23.8 Å². The molecule has 0 fully saturated rings. The molecule has 1 aromatic carbocycles. The van der Waals surface area contributed by atoms with Crippen molar-refractivity contribution < 1.29 is 18.4 Å². The number of benzene rings is 1. The van der Waals surface area contributed by atoms with Gasteiger partial charge in [-0.15, -0.1) is 0 Å². The van der Waals surface area contributed by atoms with Crippen LogP contribution in [0.3, 0.4) is 0 Å². The molecular formula is C11H13BrF3N3O. The Hall–Kier alpha value is -1.28. The number of halogens is 4. The zero-order valence-electron chi connectivity index (χ0n) is 9.78. The molecule has 1 aromatic rings. The van der Waals surface area contributed by atoms with Gasteiger partial charge < -0.3 is 16.3 Å². The fourth-order valence-electron chi connectivity index (χ4n) is 1.42. The molecule has 0 aliphatic heterocycles. The average molecular weight is 340 g/mol. The maximum atomic E-state index is 12.6. The smallest absolute Gasteiger partial charge is 0.400 e. The Balaban J connectivity index is 2.56. The topological polar surface area (TPSA) is 70.6 Å². The minimum atomic E-state index is -4.55. The van der Waals surface area contributed by atoms with Crippen LogP contribution in [0.25, 0.3) is 0 Å². The highest BCUT2D eigenvalue weighted by Gasteiger charge is 2.42. The second-order valence-corrected chi connectivity index (χ2v) is 4.79. The molecule has 4 nitrogen and oxygen atoms in total. The van der Waals surface area contributed by atoms with E-state index in [-0.39, 0.29) is 6.54 Å². The lowest BCUT2D eigenvalue weighted by atomic mass is 10.1. The van der Waals surface area contributed by atoms with Gasteiger partial charge in [0, 0.05) is 17.6 Å². The molecule has 1 atom stereocenters. The second kappa shape index (κ2) is 6.76. The number of oxime groups is 1. The third-order valence-electron chi connectivity index (χ3n) is 2.46. The van der Waals surface area contributed by atoms with Gasteiger partial charge in [0.1, 0.15) is 5.92 Å². The molecule has 8 heteroatoms. The summed E-state index contributed by atoms with van der Waals surface area (Å²) in [6.07, 6.45) is -4.55. The average Bonchev–Trinajstić information content (AvgIpc) is 2.34. The third-order valence-corrected chi connectivity index (χ3v) is 2.99. The van der Waals surface area contributed by atoms with E-state index in [0.717, 1.165) is 10.0 Å². The van der Waals surface area contributed by atoms with Crippen LogP contribution in [0.4, 0.5) is 13.2 Å². The van der Waals surface area contributed by atoms with Crippen LogP contribution >= 0.6 is 15.9 Å². The summed E-state index contributed by atoms with van der Waals surface area (Å²) in [5.41, 5.74) is 5.87. The van der Waals surface area contributed by atoms with E-state index in [0.29, 0.717) is 0 Å². The standard InChI is InChI=1S/C11H13BrF3N3O/c12-8-3-1-7(2-4-8)5-17-6-9(10(16)18-19)11(13,14)15/h1-4,9,17,19H,5-6H2,(H2,16,18). The minimum Gasteiger partial charge on any atom is -0.409 e. The number of hydrogen-bond acceptors (Lipinski definition) is 3. The molecule has 0 aliphatic carbocycles. The van der Waals surface area contributed by atoms with E-state index in [1.165, 1.54) is 0 Å². The summed E-state index contributed by atoms with van der Waals surface area (Å²) in [5.74, 6) is -2.86. The molecule has 0 saturated carbocycles. The van der Waals surface area contributed by atoms with E-state index >= 15 is 0 Å². The number of nitrogens with zero attached hydrogens (tertiary/aromatic N) is 1. The lowest BCUT2D eigenvalue weighted by molar-refractivity contribution is -0.154. The summed E-state index contributed by atoms with van der Waals surface area (Å²) in [6.45, 7) is -0.186. The van der Waals surface area contributed by atoms with Gasteiger partial charge in [-0.25, -0.2) is 0 Å². The molecule has 0 saturated heterocycles. The summed E-state index contributed by atoms with van der Waals surface area (Å²) in [5, 5.41) is 13.4. The molecule has 4 N–H and O–H groups in total. The SMILES string of the molecule is N/C(=N/O)C(CNCc1ccc(Br)cc1)C(F)(F)F. The summed E-state index contributed by atoms with van der Waals surface area (Å²) in [4.78, 5) is 0. The molecule has 0 radical (unpaired) electrons. The molecule has 0 aromatic heterocycles. The van der Waals surface area contributed by atoms with Gasteiger partial charge in [0.2, 0.25) is 0 Å². The maximum absolute atomic E-state index is 12.6. The van der Waals surface area contributed by atoms with Gasteiger partial charge in [-0.3, -0.25) is 0 Å². The van der Waals surface area contributed by atoms with Crippen molar-refractivity contribution in [2.75, 3.05) is 6.54 Å². The van der Waals surface area contributed by atoms with Crippen LogP contribution in [0.1, 0.15) is 5.56 Å². The number of hydrogen-bond donors (Lipinski definition) is 3. The van der Waals surface area contributed by atoms with Gasteiger partial charge >= 0.3 is 6.18 Å². The highest BCUT2D eigenvalue weighted by atomic mass is 79.9. The van der Waals surface area contributed by atoms with Crippen molar-refractivity contribution in [3.8, 4) is 0 Å². The highest BCUT2D eigenvalue weighted by molar-refractivity contribution is 9.10. The molecule has 1 unspecified atom stereocenters. The second-order valence-electron chi connectivity index (χ2n) is 3.88. The minimum absolute atomic E-state index is 0.262. The first-order valence-electron chi connectivity index (χ1n) is 5.34. The Morgan fingerprint density at radius 2 is 1.95 bits per heavy atom. The largest absolute Gasteiger partial charge is 0.409 e. The van der Waals surface area contributed by atoms with E-state index in [4.69, 9.17) is 10.9 Å². The molecule has 106 valence electrons. The zero-order valence-corrected chi connectivity index (χ0v) is 11.4. The Morgan fingerprint density at radius 3 is 2.42 bits per heavy atom. The highest BCUT2D eigenvalue weighted by Crippen LogP contribution is 2.25.